The number of benzene rings is 7. The van der Waals surface area contributed by atoms with Crippen molar-refractivity contribution < 1.29 is 9.53 Å². The minimum absolute atomic E-state index is 0.134. The van der Waals surface area contributed by atoms with E-state index in [0.29, 0.717) is 17.2 Å². The zero-order chi connectivity index (χ0) is 38.3. The van der Waals surface area contributed by atoms with Gasteiger partial charge < -0.3 is 9.64 Å². The van der Waals surface area contributed by atoms with E-state index in [2.05, 4.69) is 156 Å². The maximum atomic E-state index is 13.5. The molecule has 1 aliphatic rings. The molecule has 3 nitrogen and oxygen atoms in total. The van der Waals surface area contributed by atoms with Gasteiger partial charge in [0.25, 0.3) is 0 Å². The Kier molecular flexibility index (Phi) is 9.49. The Bertz CT molecular complexity index is 2490. The third kappa shape index (κ3) is 6.87. The molecular formula is C52H47NO2. The highest BCUT2D eigenvalue weighted by molar-refractivity contribution is 5.92. The van der Waals surface area contributed by atoms with Gasteiger partial charge in [-0.15, -0.1) is 0 Å². The summed E-state index contributed by atoms with van der Waals surface area (Å²) in [7, 11) is 0. The number of carbonyl (C=O) groups is 1. The molecule has 0 fully saturated rings. The molecule has 0 N–H and O–H groups in total. The topological polar surface area (TPSA) is 29.5 Å². The second-order valence-corrected chi connectivity index (χ2v) is 15.5. The fourth-order valence-corrected chi connectivity index (χ4v) is 7.97. The highest BCUT2D eigenvalue weighted by Gasteiger charge is 2.35. The molecule has 0 radical (unpaired) electrons. The van der Waals surface area contributed by atoms with Crippen LogP contribution in [0.3, 0.4) is 0 Å². The average Bonchev–Trinajstić information content (AvgIpc) is 3.44. The van der Waals surface area contributed by atoms with E-state index in [9.17, 15) is 4.79 Å². The molecule has 0 bridgehead atoms. The van der Waals surface area contributed by atoms with Crippen molar-refractivity contribution >= 4 is 23.0 Å². The number of carbonyl (C=O) groups excluding carboxylic acids is 1. The fourth-order valence-electron chi connectivity index (χ4n) is 7.97. The number of aryl methyl sites for hydroxylation is 2. The normalized spacial score (nSPS) is 12.6. The largest absolute Gasteiger partial charge is 0.423 e. The quantitative estimate of drug-likeness (QED) is 0.110. The van der Waals surface area contributed by atoms with Crippen molar-refractivity contribution in [1.29, 1.82) is 0 Å². The third-order valence-corrected chi connectivity index (χ3v) is 11.3. The highest BCUT2D eigenvalue weighted by atomic mass is 16.5. The Labute approximate surface area is 325 Å². The molecule has 1 aliphatic carbocycles. The number of nitrogens with zero attached hydrogens (tertiary/aromatic N) is 1. The minimum Gasteiger partial charge on any atom is -0.423 e. The van der Waals surface area contributed by atoms with Crippen molar-refractivity contribution in [2.75, 3.05) is 4.90 Å². The van der Waals surface area contributed by atoms with Crippen LogP contribution >= 0.6 is 0 Å². The first-order valence-electron chi connectivity index (χ1n) is 19.4. The summed E-state index contributed by atoms with van der Waals surface area (Å²) in [5, 5.41) is 0. The summed E-state index contributed by atoms with van der Waals surface area (Å²) in [6.07, 6.45) is 0.954. The second-order valence-electron chi connectivity index (χ2n) is 15.5. The maximum absolute atomic E-state index is 13.5. The molecule has 7 aromatic carbocycles. The van der Waals surface area contributed by atoms with Crippen LogP contribution in [0.4, 0.5) is 17.1 Å². The van der Waals surface area contributed by atoms with Crippen LogP contribution in [0.5, 0.6) is 5.75 Å². The number of rotatable bonds is 9. The molecule has 0 saturated carbocycles. The molecule has 0 atom stereocenters. The minimum atomic E-state index is -0.388. The van der Waals surface area contributed by atoms with Crippen molar-refractivity contribution in [2.45, 2.75) is 59.3 Å². The summed E-state index contributed by atoms with van der Waals surface area (Å²) in [5.74, 6) is 0.584. The zero-order valence-electron chi connectivity index (χ0n) is 32.6. The van der Waals surface area contributed by atoms with E-state index < -0.39 is 0 Å². The molecule has 0 aromatic heterocycles. The number of hydrogen-bond acceptors (Lipinski definition) is 3. The Hall–Kier alpha value is -6.19. The molecule has 0 aliphatic heterocycles. The Balaban J connectivity index is 1.09. The van der Waals surface area contributed by atoms with Crippen LogP contribution in [0.25, 0.3) is 33.4 Å². The SMILES string of the molecule is CCc1ccc(C(C)C)cc1-c1ccc(OC(=O)c2ccc(N(c3ccc(-c4ccc(C)cc4)cc3)c3ccc4c(c3)C(C)(C)c3ccccc3-4)cc2)cc1. The first kappa shape index (κ1) is 35.8. The maximum Gasteiger partial charge on any atom is 0.343 e. The lowest BCUT2D eigenvalue weighted by atomic mass is 9.82. The highest BCUT2D eigenvalue weighted by Crippen LogP contribution is 2.50. The smallest absolute Gasteiger partial charge is 0.343 e. The van der Waals surface area contributed by atoms with E-state index in [1.165, 1.54) is 50.1 Å². The number of anilines is 3. The molecule has 272 valence electrons. The Morgan fingerprint density at radius 2 is 1.18 bits per heavy atom. The van der Waals surface area contributed by atoms with Gasteiger partial charge in [-0.3, -0.25) is 0 Å². The van der Waals surface area contributed by atoms with Gasteiger partial charge in [-0.1, -0.05) is 137 Å². The van der Waals surface area contributed by atoms with Crippen LogP contribution in [-0.4, -0.2) is 5.97 Å². The van der Waals surface area contributed by atoms with Crippen LogP contribution in [0, 0.1) is 6.92 Å². The molecule has 8 rings (SSSR count). The molecular weight excluding hydrogens is 671 g/mol. The molecule has 55 heavy (non-hydrogen) atoms. The molecule has 0 spiro atoms. The van der Waals surface area contributed by atoms with Crippen molar-refractivity contribution in [3.05, 3.63) is 191 Å². The number of ether oxygens (including phenoxy) is 1. The second kappa shape index (κ2) is 14.6. The molecule has 0 heterocycles. The lowest BCUT2D eigenvalue weighted by Crippen LogP contribution is -2.16. The zero-order valence-corrected chi connectivity index (χ0v) is 32.6. The van der Waals surface area contributed by atoms with E-state index in [0.717, 1.165) is 34.6 Å². The summed E-state index contributed by atoms with van der Waals surface area (Å²) in [5.41, 5.74) is 17.2. The summed E-state index contributed by atoms with van der Waals surface area (Å²) in [6.45, 7) is 13.3. The Morgan fingerprint density at radius 3 is 1.84 bits per heavy atom. The molecule has 0 unspecified atom stereocenters. The molecule has 7 aromatic rings. The number of esters is 1. The van der Waals surface area contributed by atoms with Crippen molar-refractivity contribution in [2.24, 2.45) is 0 Å². The Morgan fingerprint density at radius 1 is 0.600 bits per heavy atom. The summed E-state index contributed by atoms with van der Waals surface area (Å²) < 4.78 is 5.89. The van der Waals surface area contributed by atoms with Gasteiger partial charge in [-0.05, 0) is 136 Å². The van der Waals surface area contributed by atoms with Crippen molar-refractivity contribution in [3.63, 3.8) is 0 Å². The van der Waals surface area contributed by atoms with Crippen LogP contribution in [0.15, 0.2) is 158 Å². The van der Waals surface area contributed by atoms with Gasteiger partial charge in [-0.2, -0.15) is 0 Å². The molecule has 0 saturated heterocycles. The predicted molar refractivity (Wildman–Crippen MR) is 229 cm³/mol. The summed E-state index contributed by atoms with van der Waals surface area (Å²) >= 11 is 0. The van der Waals surface area contributed by atoms with E-state index in [1.54, 1.807) is 0 Å². The van der Waals surface area contributed by atoms with Gasteiger partial charge >= 0.3 is 5.97 Å². The number of hydrogen-bond donors (Lipinski definition) is 0. The van der Waals surface area contributed by atoms with Crippen LogP contribution < -0.4 is 9.64 Å². The first-order valence-corrected chi connectivity index (χ1v) is 19.4. The molecule has 3 heteroatoms. The van der Waals surface area contributed by atoms with Crippen molar-refractivity contribution in [3.8, 4) is 39.1 Å². The summed E-state index contributed by atoms with van der Waals surface area (Å²) in [4.78, 5) is 15.7. The van der Waals surface area contributed by atoms with Gasteiger partial charge in [0.1, 0.15) is 5.75 Å². The van der Waals surface area contributed by atoms with Gasteiger partial charge in [0.05, 0.1) is 5.56 Å². The lowest BCUT2D eigenvalue weighted by Gasteiger charge is -2.28. The fraction of sp³-hybridized carbons (Fsp3) is 0.173. The average molecular weight is 718 g/mol. The van der Waals surface area contributed by atoms with Gasteiger partial charge in [0.15, 0.2) is 0 Å². The van der Waals surface area contributed by atoms with Gasteiger partial charge in [0.2, 0.25) is 0 Å². The van der Waals surface area contributed by atoms with E-state index in [4.69, 9.17) is 4.74 Å². The van der Waals surface area contributed by atoms with Crippen LogP contribution in [0.2, 0.25) is 0 Å². The van der Waals surface area contributed by atoms with E-state index in [1.807, 2.05) is 48.5 Å². The molecule has 0 amide bonds. The van der Waals surface area contributed by atoms with Crippen LogP contribution in [0.1, 0.15) is 78.7 Å². The van der Waals surface area contributed by atoms with Crippen molar-refractivity contribution in [1.82, 2.24) is 0 Å². The predicted octanol–water partition coefficient (Wildman–Crippen LogP) is 14.0. The van der Waals surface area contributed by atoms with Gasteiger partial charge in [0, 0.05) is 22.5 Å². The summed E-state index contributed by atoms with van der Waals surface area (Å²) in [6, 6.07) is 55.2. The third-order valence-electron chi connectivity index (χ3n) is 11.3. The first-order chi connectivity index (χ1) is 26.6. The standard InChI is InChI=1S/C52H47NO2/c1-7-36-16-17-41(34(2)3)32-48(36)39-22-29-45(30-23-39)55-51(54)40-20-26-43(27-21-40)53(42-24-18-38(19-25-42)37-14-12-35(4)13-15-37)44-28-31-47-46-10-8-9-11-49(46)52(5,6)50(47)33-44/h8-34H,7H2,1-6H3. The number of fused-ring (bicyclic) bond motifs is 3. The van der Waals surface area contributed by atoms with E-state index >= 15 is 0 Å². The van der Waals surface area contributed by atoms with Crippen LogP contribution in [-0.2, 0) is 11.8 Å². The monoisotopic (exact) mass is 717 g/mol. The van der Waals surface area contributed by atoms with E-state index in [-0.39, 0.29) is 11.4 Å². The van der Waals surface area contributed by atoms with Gasteiger partial charge in [-0.25, -0.2) is 4.79 Å². The lowest BCUT2D eigenvalue weighted by molar-refractivity contribution is 0.0735.